The van der Waals surface area contributed by atoms with Crippen LogP contribution >= 0.6 is 0 Å². The van der Waals surface area contributed by atoms with Gasteiger partial charge in [0.2, 0.25) is 0 Å². The summed E-state index contributed by atoms with van der Waals surface area (Å²) in [4.78, 5) is 0. The molecule has 0 amide bonds. The molecular formula is C11H10F6O. The van der Waals surface area contributed by atoms with E-state index in [4.69, 9.17) is 5.11 Å². The lowest BCUT2D eigenvalue weighted by molar-refractivity contribution is -0.375. The molecule has 0 spiro atoms. The fraction of sp³-hybridized carbons (Fsp3) is 0.455. The lowest BCUT2D eigenvalue weighted by Gasteiger charge is -2.31. The fourth-order valence-electron chi connectivity index (χ4n) is 1.46. The quantitative estimate of drug-likeness (QED) is 0.815. The third-order valence-electron chi connectivity index (χ3n) is 2.71. The van der Waals surface area contributed by atoms with Crippen molar-refractivity contribution in [2.75, 3.05) is 0 Å². The van der Waals surface area contributed by atoms with Crippen molar-refractivity contribution in [3.8, 4) is 0 Å². The summed E-state index contributed by atoms with van der Waals surface area (Å²) < 4.78 is 76.5. The summed E-state index contributed by atoms with van der Waals surface area (Å²) >= 11 is 0. The van der Waals surface area contributed by atoms with E-state index in [0.29, 0.717) is 17.7 Å². The molecule has 0 aliphatic heterocycles. The summed E-state index contributed by atoms with van der Waals surface area (Å²) in [6.45, 7) is 2.88. The zero-order valence-corrected chi connectivity index (χ0v) is 9.45. The van der Waals surface area contributed by atoms with Crippen LogP contribution in [0.2, 0.25) is 0 Å². The number of aryl methyl sites for hydroxylation is 2. The van der Waals surface area contributed by atoms with Crippen molar-refractivity contribution in [1.82, 2.24) is 0 Å². The van der Waals surface area contributed by atoms with E-state index in [1.165, 1.54) is 13.8 Å². The Labute approximate surface area is 99.0 Å². The smallest absolute Gasteiger partial charge is 0.333 e. The number of halogens is 6. The zero-order valence-electron chi connectivity index (χ0n) is 9.45. The van der Waals surface area contributed by atoms with Crippen molar-refractivity contribution in [2.45, 2.75) is 31.8 Å². The molecule has 18 heavy (non-hydrogen) atoms. The number of benzene rings is 1. The fourth-order valence-corrected chi connectivity index (χ4v) is 1.46. The van der Waals surface area contributed by atoms with Gasteiger partial charge in [0, 0.05) is 5.56 Å². The molecule has 0 aliphatic rings. The van der Waals surface area contributed by atoms with E-state index >= 15 is 0 Å². The van der Waals surface area contributed by atoms with Gasteiger partial charge in [0.25, 0.3) is 0 Å². The second kappa shape index (κ2) is 4.15. The van der Waals surface area contributed by atoms with Crippen LogP contribution in [0.5, 0.6) is 0 Å². The first-order valence-corrected chi connectivity index (χ1v) is 4.85. The Morgan fingerprint density at radius 1 is 0.889 bits per heavy atom. The Balaban J connectivity index is 3.51. The molecule has 1 aromatic carbocycles. The van der Waals surface area contributed by atoms with E-state index < -0.39 is 23.5 Å². The Morgan fingerprint density at radius 3 is 1.72 bits per heavy atom. The van der Waals surface area contributed by atoms with E-state index in [0.717, 1.165) is 6.07 Å². The monoisotopic (exact) mass is 272 g/mol. The average molecular weight is 272 g/mol. The molecular weight excluding hydrogens is 262 g/mol. The molecule has 1 N–H and O–H groups in total. The first kappa shape index (κ1) is 14.8. The predicted octanol–water partition coefficient (Wildman–Crippen LogP) is 3.62. The van der Waals surface area contributed by atoms with Gasteiger partial charge in [-0.2, -0.15) is 22.0 Å². The minimum absolute atomic E-state index is 0.211. The van der Waals surface area contributed by atoms with Crippen molar-refractivity contribution in [1.29, 1.82) is 0 Å². The lowest BCUT2D eigenvalue weighted by Crippen LogP contribution is -2.52. The first-order valence-electron chi connectivity index (χ1n) is 4.85. The molecule has 0 heterocycles. The van der Waals surface area contributed by atoms with Crippen LogP contribution in [-0.4, -0.2) is 17.4 Å². The predicted molar refractivity (Wildman–Crippen MR) is 51.9 cm³/mol. The summed E-state index contributed by atoms with van der Waals surface area (Å²) in [5, 5.41) is 8.26. The number of hydrogen-bond acceptors (Lipinski definition) is 1. The minimum Gasteiger partial charge on any atom is -0.333 e. The van der Waals surface area contributed by atoms with E-state index in [1.807, 2.05) is 0 Å². The van der Waals surface area contributed by atoms with Crippen molar-refractivity contribution in [3.63, 3.8) is 0 Å². The maximum atomic E-state index is 13.7. The van der Waals surface area contributed by atoms with Crippen LogP contribution < -0.4 is 0 Å². The van der Waals surface area contributed by atoms with Gasteiger partial charge < -0.3 is 5.11 Å². The number of alkyl halides is 6. The Morgan fingerprint density at radius 2 is 1.39 bits per heavy atom. The van der Waals surface area contributed by atoms with Crippen LogP contribution in [0.15, 0.2) is 18.2 Å². The average Bonchev–Trinajstić information content (AvgIpc) is 2.17. The van der Waals surface area contributed by atoms with Gasteiger partial charge in [0.05, 0.1) is 0 Å². The molecule has 0 aliphatic carbocycles. The van der Waals surface area contributed by atoms with Gasteiger partial charge in [-0.15, -0.1) is 0 Å². The van der Waals surface area contributed by atoms with Crippen molar-refractivity contribution < 1.29 is 31.4 Å². The minimum atomic E-state index is -5.94. The summed E-state index contributed by atoms with van der Waals surface area (Å²) in [6, 6.07) is 2.31. The summed E-state index contributed by atoms with van der Waals surface area (Å²) in [5.74, 6) is 0. The molecule has 7 heteroatoms. The van der Waals surface area contributed by atoms with E-state index in [1.54, 1.807) is 0 Å². The third kappa shape index (κ3) is 2.19. The molecule has 0 radical (unpaired) electrons. The molecule has 1 rings (SSSR count). The highest BCUT2D eigenvalue weighted by molar-refractivity contribution is 5.35. The van der Waals surface area contributed by atoms with Crippen molar-refractivity contribution in [3.05, 3.63) is 34.9 Å². The van der Waals surface area contributed by atoms with Gasteiger partial charge in [-0.25, -0.2) is 4.39 Å². The van der Waals surface area contributed by atoms with E-state index in [2.05, 4.69) is 0 Å². The molecule has 0 bridgehead atoms. The highest BCUT2D eigenvalue weighted by Gasteiger charge is 2.72. The highest BCUT2D eigenvalue weighted by Crippen LogP contribution is 2.51. The Hall–Kier alpha value is -1.24. The largest absolute Gasteiger partial charge is 0.435 e. The van der Waals surface area contributed by atoms with Gasteiger partial charge in [0.15, 0.2) is 0 Å². The number of hydrogen-bond donors (Lipinski definition) is 1. The summed E-state index contributed by atoms with van der Waals surface area (Å²) in [6.07, 6.45) is -11.5. The van der Waals surface area contributed by atoms with Crippen LogP contribution in [0.25, 0.3) is 0 Å². The second-order valence-electron chi connectivity index (χ2n) is 4.00. The van der Waals surface area contributed by atoms with Gasteiger partial charge in [-0.05, 0) is 25.0 Å². The van der Waals surface area contributed by atoms with Crippen LogP contribution in [0.4, 0.5) is 26.3 Å². The third-order valence-corrected chi connectivity index (χ3v) is 2.71. The second-order valence-corrected chi connectivity index (χ2v) is 4.00. The molecule has 1 nitrogen and oxygen atoms in total. The Bertz CT molecular complexity index is 432. The van der Waals surface area contributed by atoms with Crippen molar-refractivity contribution >= 4 is 0 Å². The van der Waals surface area contributed by atoms with Crippen LogP contribution in [0.1, 0.15) is 16.7 Å². The molecule has 1 aromatic rings. The molecule has 1 atom stereocenters. The zero-order chi connectivity index (χ0) is 14.4. The summed E-state index contributed by atoms with van der Waals surface area (Å²) in [7, 11) is 0. The first-order chi connectivity index (χ1) is 7.91. The molecule has 0 saturated heterocycles. The van der Waals surface area contributed by atoms with Gasteiger partial charge in [-0.1, -0.05) is 18.2 Å². The van der Waals surface area contributed by atoms with E-state index in [-0.39, 0.29) is 5.56 Å². The molecule has 0 aromatic heterocycles. The topological polar surface area (TPSA) is 20.2 Å². The van der Waals surface area contributed by atoms with Crippen LogP contribution in [-0.2, 0) is 5.67 Å². The number of rotatable bonds is 2. The molecule has 102 valence electrons. The summed E-state index contributed by atoms with van der Waals surface area (Å²) in [5.41, 5.74) is -5.73. The van der Waals surface area contributed by atoms with Gasteiger partial charge in [0.1, 0.15) is 0 Å². The highest BCUT2D eigenvalue weighted by atomic mass is 19.4. The standard InChI is InChI=1S/C11H10F6O/c1-6-3-4-8(5-7(6)2)9(12,10(13,14)15)11(16,17)18/h3-5,18H,1-2H3. The molecule has 1 unspecified atom stereocenters. The Kier molecular flexibility index (Phi) is 3.42. The molecule has 0 saturated carbocycles. The molecule has 0 fully saturated rings. The maximum Gasteiger partial charge on any atom is 0.435 e. The van der Waals surface area contributed by atoms with Gasteiger partial charge in [-0.3, -0.25) is 0 Å². The van der Waals surface area contributed by atoms with Crippen molar-refractivity contribution in [2.24, 2.45) is 0 Å². The lowest BCUT2D eigenvalue weighted by atomic mass is 9.91. The van der Waals surface area contributed by atoms with E-state index in [9.17, 15) is 26.3 Å². The van der Waals surface area contributed by atoms with Gasteiger partial charge >= 0.3 is 18.0 Å². The normalized spacial score (nSPS) is 16.5. The van der Waals surface area contributed by atoms with Crippen LogP contribution in [0, 0.1) is 13.8 Å². The number of aliphatic hydroxyl groups is 1. The SMILES string of the molecule is Cc1ccc(C(F)(C(O)(F)F)C(F)(F)F)cc1C. The maximum absolute atomic E-state index is 13.7. The van der Waals surface area contributed by atoms with Crippen LogP contribution in [0.3, 0.4) is 0 Å².